The van der Waals surface area contributed by atoms with Crippen molar-refractivity contribution in [2.45, 2.75) is 0 Å². The lowest BCUT2D eigenvalue weighted by Gasteiger charge is -2.17. The summed E-state index contributed by atoms with van der Waals surface area (Å²) in [5.74, 6) is -0.484. The topological polar surface area (TPSA) is 90.1 Å². The summed E-state index contributed by atoms with van der Waals surface area (Å²) >= 11 is 0. The summed E-state index contributed by atoms with van der Waals surface area (Å²) in [5, 5.41) is 0. The van der Waals surface area contributed by atoms with E-state index in [1.165, 1.54) is 28.4 Å². The lowest BCUT2D eigenvalue weighted by molar-refractivity contribution is 0.0600. The lowest BCUT2D eigenvalue weighted by Crippen LogP contribution is -2.10. The highest BCUT2D eigenvalue weighted by molar-refractivity contribution is 5.95. The lowest BCUT2D eigenvalue weighted by atomic mass is 10.1. The molecule has 0 amide bonds. The molecule has 0 spiro atoms. The second kappa shape index (κ2) is 7.41. The van der Waals surface area contributed by atoms with Crippen LogP contribution in [0.15, 0.2) is 12.1 Å². The van der Waals surface area contributed by atoms with E-state index in [9.17, 15) is 4.79 Å². The zero-order chi connectivity index (χ0) is 14.3. The van der Waals surface area contributed by atoms with Gasteiger partial charge in [0.1, 0.15) is 5.69 Å². The quantitative estimate of drug-likeness (QED) is 0.506. The van der Waals surface area contributed by atoms with Gasteiger partial charge in [-0.25, -0.2) is 4.79 Å². The number of carbonyl (C=O) groups is 1. The van der Waals surface area contributed by atoms with E-state index < -0.39 is 5.97 Å². The van der Waals surface area contributed by atoms with Gasteiger partial charge in [-0.15, -0.1) is 0 Å². The first-order valence-corrected chi connectivity index (χ1v) is 5.31. The molecule has 0 aromatic heterocycles. The van der Waals surface area contributed by atoms with Crippen molar-refractivity contribution in [2.75, 3.05) is 44.9 Å². The SMILES string of the molecule is CONc1cc(C(=O)OC)cc(NOC)c1NOC. The van der Waals surface area contributed by atoms with E-state index >= 15 is 0 Å². The maximum atomic E-state index is 11.6. The van der Waals surface area contributed by atoms with Crippen molar-refractivity contribution in [2.24, 2.45) is 0 Å². The van der Waals surface area contributed by atoms with Gasteiger partial charge in [-0.1, -0.05) is 0 Å². The van der Waals surface area contributed by atoms with Crippen molar-refractivity contribution in [1.82, 2.24) is 0 Å². The largest absolute Gasteiger partial charge is 0.465 e. The monoisotopic (exact) mass is 271 g/mol. The zero-order valence-electron chi connectivity index (χ0n) is 11.2. The third-order valence-corrected chi connectivity index (χ3v) is 2.19. The molecular formula is C11H17N3O5. The van der Waals surface area contributed by atoms with E-state index in [0.29, 0.717) is 22.6 Å². The molecule has 1 rings (SSSR count). The fourth-order valence-corrected chi connectivity index (χ4v) is 1.47. The summed E-state index contributed by atoms with van der Waals surface area (Å²) in [4.78, 5) is 26.2. The molecule has 0 atom stereocenters. The van der Waals surface area contributed by atoms with Crippen molar-refractivity contribution in [3.63, 3.8) is 0 Å². The van der Waals surface area contributed by atoms with Crippen LogP contribution in [0.5, 0.6) is 0 Å². The molecule has 1 aromatic carbocycles. The Morgan fingerprint density at radius 1 is 0.895 bits per heavy atom. The zero-order valence-corrected chi connectivity index (χ0v) is 11.2. The standard InChI is InChI=1S/C11H17N3O5/c1-16-11(15)7-5-8(12-17-2)10(14-19-4)9(6-7)13-18-3/h5-6,12-14H,1-4H3. The number of methoxy groups -OCH3 is 1. The second-order valence-corrected chi connectivity index (χ2v) is 3.36. The van der Waals surface area contributed by atoms with E-state index in [2.05, 4.69) is 21.2 Å². The molecule has 1 aromatic rings. The molecule has 0 aliphatic carbocycles. The van der Waals surface area contributed by atoms with Crippen LogP contribution in [0.4, 0.5) is 17.1 Å². The Kier molecular flexibility index (Phi) is 5.86. The van der Waals surface area contributed by atoms with E-state index in [1.54, 1.807) is 12.1 Å². The van der Waals surface area contributed by atoms with Crippen LogP contribution in [0.25, 0.3) is 0 Å². The number of ether oxygens (including phenoxy) is 1. The fraction of sp³-hybridized carbons (Fsp3) is 0.364. The molecule has 0 aliphatic heterocycles. The molecule has 0 heterocycles. The van der Waals surface area contributed by atoms with Gasteiger partial charge in [0.15, 0.2) is 0 Å². The van der Waals surface area contributed by atoms with E-state index in [4.69, 9.17) is 14.5 Å². The molecule has 0 unspecified atom stereocenters. The number of carbonyl (C=O) groups excluding carboxylic acids is 1. The fourth-order valence-electron chi connectivity index (χ4n) is 1.47. The van der Waals surface area contributed by atoms with Crippen LogP contribution >= 0.6 is 0 Å². The molecule has 0 fully saturated rings. The Morgan fingerprint density at radius 2 is 1.37 bits per heavy atom. The number of hydrogen-bond donors (Lipinski definition) is 3. The first-order valence-electron chi connectivity index (χ1n) is 5.31. The number of esters is 1. The minimum absolute atomic E-state index is 0.322. The van der Waals surface area contributed by atoms with Gasteiger partial charge in [0.25, 0.3) is 0 Å². The van der Waals surface area contributed by atoms with Crippen molar-refractivity contribution in [3.05, 3.63) is 17.7 Å². The molecule has 19 heavy (non-hydrogen) atoms. The Hall–Kier alpha value is -2.03. The van der Waals surface area contributed by atoms with E-state index in [1.807, 2.05) is 0 Å². The van der Waals surface area contributed by atoms with Gasteiger partial charge in [-0.05, 0) is 12.1 Å². The Balaban J connectivity index is 3.29. The van der Waals surface area contributed by atoms with E-state index in [0.717, 1.165) is 0 Å². The van der Waals surface area contributed by atoms with Gasteiger partial charge in [0, 0.05) is 0 Å². The third kappa shape index (κ3) is 3.71. The molecule has 0 aliphatic rings. The van der Waals surface area contributed by atoms with Gasteiger partial charge in [0.05, 0.1) is 45.4 Å². The second-order valence-electron chi connectivity index (χ2n) is 3.36. The van der Waals surface area contributed by atoms with Gasteiger partial charge in [-0.3, -0.25) is 31.0 Å². The number of hydrogen-bond acceptors (Lipinski definition) is 8. The van der Waals surface area contributed by atoms with Crippen LogP contribution in [0.1, 0.15) is 10.4 Å². The molecule has 3 N–H and O–H groups in total. The Bertz CT molecular complexity index is 411. The highest BCUT2D eigenvalue weighted by atomic mass is 16.6. The summed E-state index contributed by atoms with van der Waals surface area (Å²) in [6.45, 7) is 0. The van der Waals surface area contributed by atoms with Gasteiger partial charge in [-0.2, -0.15) is 0 Å². The highest BCUT2D eigenvalue weighted by Crippen LogP contribution is 2.33. The predicted molar refractivity (Wildman–Crippen MR) is 69.7 cm³/mol. The van der Waals surface area contributed by atoms with Crippen molar-refractivity contribution in [1.29, 1.82) is 0 Å². The number of anilines is 3. The molecule has 0 bridgehead atoms. The first kappa shape index (κ1) is 15.0. The number of nitrogens with one attached hydrogen (secondary N) is 3. The van der Waals surface area contributed by atoms with Crippen LogP contribution in [0, 0.1) is 0 Å². The minimum Gasteiger partial charge on any atom is -0.465 e. The Labute approximate surface area is 110 Å². The highest BCUT2D eigenvalue weighted by Gasteiger charge is 2.15. The van der Waals surface area contributed by atoms with Crippen molar-refractivity contribution in [3.8, 4) is 0 Å². The summed E-state index contributed by atoms with van der Waals surface area (Å²) in [6.07, 6.45) is 0. The van der Waals surface area contributed by atoms with Crippen LogP contribution in [-0.4, -0.2) is 34.4 Å². The molecule has 0 saturated heterocycles. The summed E-state index contributed by atoms with van der Waals surface area (Å²) < 4.78 is 4.67. The smallest absolute Gasteiger partial charge is 0.338 e. The first-order chi connectivity index (χ1) is 9.17. The van der Waals surface area contributed by atoms with Crippen LogP contribution in [0.2, 0.25) is 0 Å². The van der Waals surface area contributed by atoms with E-state index in [-0.39, 0.29) is 0 Å². The van der Waals surface area contributed by atoms with Crippen LogP contribution in [-0.2, 0) is 19.2 Å². The molecule has 0 saturated carbocycles. The average molecular weight is 271 g/mol. The maximum absolute atomic E-state index is 11.6. The van der Waals surface area contributed by atoms with Crippen molar-refractivity contribution < 1.29 is 24.0 Å². The Morgan fingerprint density at radius 3 is 1.74 bits per heavy atom. The minimum atomic E-state index is -0.484. The van der Waals surface area contributed by atoms with Gasteiger partial charge < -0.3 is 4.74 Å². The molecular weight excluding hydrogens is 254 g/mol. The van der Waals surface area contributed by atoms with Gasteiger partial charge in [0.2, 0.25) is 0 Å². The number of rotatable bonds is 7. The van der Waals surface area contributed by atoms with Gasteiger partial charge >= 0.3 is 5.97 Å². The third-order valence-electron chi connectivity index (χ3n) is 2.19. The summed E-state index contributed by atoms with van der Waals surface area (Å²) in [6, 6.07) is 3.11. The average Bonchev–Trinajstić information content (AvgIpc) is 2.41. The molecule has 0 radical (unpaired) electrons. The van der Waals surface area contributed by atoms with Crippen LogP contribution < -0.4 is 16.4 Å². The normalized spacial score (nSPS) is 9.89. The van der Waals surface area contributed by atoms with Crippen LogP contribution in [0.3, 0.4) is 0 Å². The maximum Gasteiger partial charge on any atom is 0.338 e. The summed E-state index contributed by atoms with van der Waals surface area (Å²) in [7, 11) is 5.66. The van der Waals surface area contributed by atoms with Crippen molar-refractivity contribution >= 4 is 23.0 Å². The predicted octanol–water partition coefficient (Wildman–Crippen LogP) is 1.39. The molecule has 106 valence electrons. The molecule has 8 heteroatoms. The summed E-state index contributed by atoms with van der Waals surface area (Å²) in [5.41, 5.74) is 9.72. The number of benzene rings is 1. The molecule has 8 nitrogen and oxygen atoms in total.